The van der Waals surface area contributed by atoms with Crippen molar-refractivity contribution in [3.8, 4) is 5.88 Å². The minimum atomic E-state index is -0.641. The van der Waals surface area contributed by atoms with Crippen molar-refractivity contribution in [3.05, 3.63) is 44.7 Å². The van der Waals surface area contributed by atoms with Gasteiger partial charge in [0.1, 0.15) is 11.4 Å². The molecule has 0 bridgehead atoms. The molecule has 0 unspecified atom stereocenters. The number of rotatable bonds is 6. The summed E-state index contributed by atoms with van der Waals surface area (Å²) in [5, 5.41) is 21.8. The lowest BCUT2D eigenvalue weighted by Gasteiger charge is -2.17. The van der Waals surface area contributed by atoms with Gasteiger partial charge < -0.3 is 14.9 Å². The first-order valence-corrected chi connectivity index (χ1v) is 10.0. The summed E-state index contributed by atoms with van der Waals surface area (Å²) in [5.74, 6) is -0.0629. The molecule has 0 radical (unpaired) electrons. The zero-order valence-electron chi connectivity index (χ0n) is 17.5. The monoisotopic (exact) mass is 411 g/mol. The van der Waals surface area contributed by atoms with Crippen LogP contribution in [0.1, 0.15) is 59.6 Å². The Morgan fingerprint density at radius 2 is 2.10 bits per heavy atom. The van der Waals surface area contributed by atoms with Crippen LogP contribution in [-0.2, 0) is 6.54 Å². The van der Waals surface area contributed by atoms with Crippen LogP contribution in [0, 0.1) is 19.8 Å². The maximum absolute atomic E-state index is 13.0. The normalized spacial score (nSPS) is 14.3. The number of hydrogen-bond acceptors (Lipinski definition) is 6. The minimum Gasteiger partial charge on any atom is -0.494 e. The second-order valence-electron chi connectivity index (χ2n) is 8.16. The Bertz CT molecular complexity index is 1190. The lowest BCUT2D eigenvalue weighted by Crippen LogP contribution is -2.34. The van der Waals surface area contributed by atoms with E-state index >= 15 is 0 Å². The average Bonchev–Trinajstić information content (AvgIpc) is 3.29. The highest BCUT2D eigenvalue weighted by atomic mass is 16.5. The zero-order chi connectivity index (χ0) is 21.6. The molecule has 3 aromatic rings. The van der Waals surface area contributed by atoms with E-state index in [2.05, 4.69) is 15.6 Å². The molecular weight excluding hydrogens is 386 g/mol. The third-order valence-electron chi connectivity index (χ3n) is 5.12. The number of amides is 1. The summed E-state index contributed by atoms with van der Waals surface area (Å²) in [7, 11) is 0. The van der Waals surface area contributed by atoms with Gasteiger partial charge in [-0.15, -0.1) is 0 Å². The van der Waals surface area contributed by atoms with Crippen LogP contribution in [0.4, 0.5) is 0 Å². The molecule has 3 heterocycles. The number of fused-ring (bicyclic) bond motifs is 1. The number of aromatic nitrogens is 4. The van der Waals surface area contributed by atoms with Crippen molar-refractivity contribution in [2.75, 3.05) is 0 Å². The lowest BCUT2D eigenvalue weighted by atomic mass is 10.1. The van der Waals surface area contributed by atoms with Gasteiger partial charge in [0.2, 0.25) is 5.88 Å². The van der Waals surface area contributed by atoms with Gasteiger partial charge in [-0.1, -0.05) is 19.0 Å². The fraction of sp³-hybridized carbons (Fsp3) is 0.429. The highest BCUT2D eigenvalue weighted by molar-refractivity contribution is 5.97. The lowest BCUT2D eigenvalue weighted by molar-refractivity contribution is 0.0944. The summed E-state index contributed by atoms with van der Waals surface area (Å²) in [5.41, 5.74) is 1.74. The number of aryl methyl sites for hydroxylation is 2. The van der Waals surface area contributed by atoms with Gasteiger partial charge >= 0.3 is 0 Å². The average molecular weight is 411 g/mol. The summed E-state index contributed by atoms with van der Waals surface area (Å²) in [6, 6.07) is 0.0664. The van der Waals surface area contributed by atoms with Crippen molar-refractivity contribution in [3.63, 3.8) is 0 Å². The van der Waals surface area contributed by atoms with Crippen molar-refractivity contribution >= 4 is 23.7 Å². The van der Waals surface area contributed by atoms with E-state index in [1.165, 1.54) is 4.52 Å². The highest BCUT2D eigenvalue weighted by Gasteiger charge is 2.29. The molecule has 9 heteroatoms. The summed E-state index contributed by atoms with van der Waals surface area (Å²) in [6.07, 6.45) is 6.95. The van der Waals surface area contributed by atoms with Gasteiger partial charge in [-0.25, -0.2) is 0 Å². The van der Waals surface area contributed by atoms with Gasteiger partial charge in [-0.05, 0) is 44.8 Å². The fourth-order valence-corrected chi connectivity index (χ4v) is 3.45. The number of carbonyl (C=O) groups excluding carboxylic acids is 1. The maximum atomic E-state index is 13.0. The number of nitrogens with zero attached hydrogens (tertiary/aromatic N) is 4. The topological polar surface area (TPSA) is 115 Å². The van der Waals surface area contributed by atoms with Gasteiger partial charge in [0, 0.05) is 23.7 Å². The molecule has 158 valence electrons. The molecular formula is C21H25N5O4. The van der Waals surface area contributed by atoms with E-state index in [1.54, 1.807) is 16.8 Å². The molecule has 0 aliphatic heterocycles. The quantitative estimate of drug-likeness (QED) is 0.644. The van der Waals surface area contributed by atoms with Crippen LogP contribution in [-0.4, -0.2) is 36.4 Å². The molecule has 1 amide bonds. The molecule has 1 aliphatic rings. The van der Waals surface area contributed by atoms with E-state index in [4.69, 9.17) is 4.52 Å². The molecule has 0 spiro atoms. The zero-order valence-corrected chi connectivity index (χ0v) is 17.5. The third-order valence-corrected chi connectivity index (χ3v) is 5.12. The molecule has 1 saturated carbocycles. The first kappa shape index (κ1) is 19.9. The first-order valence-electron chi connectivity index (χ1n) is 10.0. The molecule has 30 heavy (non-hydrogen) atoms. The highest BCUT2D eigenvalue weighted by Crippen LogP contribution is 2.25. The molecule has 3 aromatic heterocycles. The SMILES string of the molecule is Cc1noc(C)c1C=Cc1cnn2c(=O)c(C(=O)NC3CC3)c(O)n(CC(C)C)c12. The number of nitrogens with one attached hydrogen (secondary N) is 1. The van der Waals surface area contributed by atoms with Crippen molar-refractivity contribution in [2.45, 2.75) is 53.1 Å². The molecule has 9 nitrogen and oxygen atoms in total. The van der Waals surface area contributed by atoms with Crippen LogP contribution in [0.3, 0.4) is 0 Å². The smallest absolute Gasteiger partial charge is 0.291 e. The van der Waals surface area contributed by atoms with E-state index in [1.807, 2.05) is 33.8 Å². The molecule has 0 saturated heterocycles. The van der Waals surface area contributed by atoms with Crippen LogP contribution in [0.25, 0.3) is 17.8 Å². The second kappa shape index (κ2) is 7.47. The standard InChI is InChI=1S/C21H25N5O4/c1-11(2)10-25-19-14(5-8-16-12(3)24-30-13(16)4)9-22-26(19)21(29)17(20(25)28)18(27)23-15-6-7-15/h5,8-9,11,15,28H,6-7,10H2,1-4H3,(H,23,27). The second-order valence-corrected chi connectivity index (χ2v) is 8.16. The summed E-state index contributed by atoms with van der Waals surface area (Å²) < 4.78 is 7.94. The molecule has 1 aliphatic carbocycles. The van der Waals surface area contributed by atoms with E-state index in [0.717, 1.165) is 24.1 Å². The van der Waals surface area contributed by atoms with Gasteiger partial charge in [0.25, 0.3) is 11.5 Å². The summed E-state index contributed by atoms with van der Waals surface area (Å²) in [6.45, 7) is 8.07. The Labute approximate surface area is 173 Å². The van der Waals surface area contributed by atoms with E-state index in [-0.39, 0.29) is 23.4 Å². The van der Waals surface area contributed by atoms with Gasteiger partial charge in [0.05, 0.1) is 11.9 Å². The van der Waals surface area contributed by atoms with Gasteiger partial charge in [-0.2, -0.15) is 9.61 Å². The predicted octanol–water partition coefficient (Wildman–Crippen LogP) is 2.53. The summed E-state index contributed by atoms with van der Waals surface area (Å²) >= 11 is 0. The van der Waals surface area contributed by atoms with E-state index < -0.39 is 11.5 Å². The Morgan fingerprint density at radius 1 is 1.37 bits per heavy atom. The van der Waals surface area contributed by atoms with Gasteiger partial charge in [-0.3, -0.25) is 14.2 Å². The van der Waals surface area contributed by atoms with Crippen molar-refractivity contribution in [1.82, 2.24) is 24.7 Å². The van der Waals surface area contributed by atoms with Crippen LogP contribution in [0.2, 0.25) is 0 Å². The molecule has 1 fully saturated rings. The van der Waals surface area contributed by atoms with Crippen LogP contribution < -0.4 is 10.9 Å². The van der Waals surface area contributed by atoms with Crippen molar-refractivity contribution < 1.29 is 14.4 Å². The van der Waals surface area contributed by atoms with Crippen molar-refractivity contribution in [2.24, 2.45) is 5.92 Å². The maximum Gasteiger partial charge on any atom is 0.291 e. The first-order chi connectivity index (χ1) is 14.3. The molecule has 4 rings (SSSR count). The largest absolute Gasteiger partial charge is 0.494 e. The number of carbonyl (C=O) groups is 1. The Hall–Kier alpha value is -3.36. The number of hydrogen-bond donors (Lipinski definition) is 2. The summed E-state index contributed by atoms with van der Waals surface area (Å²) in [4.78, 5) is 25.6. The van der Waals surface area contributed by atoms with Gasteiger partial charge in [0.15, 0.2) is 5.56 Å². The molecule has 2 N–H and O–H groups in total. The fourth-order valence-electron chi connectivity index (χ4n) is 3.45. The Morgan fingerprint density at radius 3 is 2.70 bits per heavy atom. The van der Waals surface area contributed by atoms with E-state index in [0.29, 0.717) is 23.5 Å². The molecule has 0 atom stereocenters. The minimum absolute atomic E-state index is 0.0664. The Kier molecular flexibility index (Phi) is 4.97. The van der Waals surface area contributed by atoms with E-state index in [9.17, 15) is 14.7 Å². The predicted molar refractivity (Wildman–Crippen MR) is 111 cm³/mol. The number of aromatic hydroxyl groups is 1. The van der Waals surface area contributed by atoms with Crippen LogP contribution in [0.15, 0.2) is 15.5 Å². The third kappa shape index (κ3) is 3.51. The molecule has 0 aromatic carbocycles. The van der Waals surface area contributed by atoms with Crippen LogP contribution >= 0.6 is 0 Å². The Balaban J connectivity index is 1.88. The van der Waals surface area contributed by atoms with Crippen LogP contribution in [0.5, 0.6) is 5.88 Å². The van der Waals surface area contributed by atoms with Crippen molar-refractivity contribution in [1.29, 1.82) is 0 Å².